The Balaban J connectivity index is 3.09. The number of hydrogen-bond donors (Lipinski definition) is 0. The zero-order chi connectivity index (χ0) is 7.11. The summed E-state index contributed by atoms with van der Waals surface area (Å²) in [6.07, 6.45) is 2.73. The summed E-state index contributed by atoms with van der Waals surface area (Å²) < 4.78 is 10.5. The molecule has 0 aromatic carbocycles. The summed E-state index contributed by atoms with van der Waals surface area (Å²) in [5.41, 5.74) is 0. The molecular formula is C6H14HgO2. The molecule has 0 aliphatic rings. The van der Waals surface area contributed by atoms with Gasteiger partial charge in [0.2, 0.25) is 0 Å². The van der Waals surface area contributed by atoms with Gasteiger partial charge in [-0.25, -0.2) is 0 Å². The molecule has 0 fully saturated rings. The van der Waals surface area contributed by atoms with Gasteiger partial charge < -0.3 is 0 Å². The van der Waals surface area contributed by atoms with Gasteiger partial charge in [0, 0.05) is 0 Å². The molecule has 0 bridgehead atoms. The molecule has 0 unspecified atom stereocenters. The minimum absolute atomic E-state index is 0.478. The molecule has 0 aliphatic carbocycles. The van der Waals surface area contributed by atoms with Crippen molar-refractivity contribution in [3.8, 4) is 0 Å². The average Bonchev–Trinajstić information content (AvgIpc) is 1.91. The fourth-order valence-electron chi connectivity index (χ4n) is 0.689. The molecule has 52 valence electrons. The second kappa shape index (κ2) is 6.97. The Labute approximate surface area is 70.7 Å². The normalized spacial score (nSPS) is 9.78. The van der Waals surface area contributed by atoms with Crippen molar-refractivity contribution in [3.63, 3.8) is 0 Å². The maximum atomic E-state index is 5.49. The van der Waals surface area contributed by atoms with Gasteiger partial charge in [0.1, 0.15) is 0 Å². The Morgan fingerprint density at radius 3 is 2.22 bits per heavy atom. The van der Waals surface area contributed by atoms with Gasteiger partial charge in [0.05, 0.1) is 0 Å². The van der Waals surface area contributed by atoms with Gasteiger partial charge in [-0.2, -0.15) is 0 Å². The third-order valence-corrected chi connectivity index (χ3v) is 4.61. The van der Waals surface area contributed by atoms with Gasteiger partial charge in [0.25, 0.3) is 0 Å². The summed E-state index contributed by atoms with van der Waals surface area (Å²) in [5.74, 6) is 0. The zero-order valence-electron chi connectivity index (χ0n) is 6.52. The quantitative estimate of drug-likeness (QED) is 0.719. The summed E-state index contributed by atoms with van der Waals surface area (Å²) in [6, 6.07) is 0. The summed E-state index contributed by atoms with van der Waals surface area (Å²) in [6.45, 7) is 4.30. The van der Waals surface area contributed by atoms with E-state index in [-0.39, 0.29) is 0 Å². The fourth-order valence-corrected chi connectivity index (χ4v) is 3.80. The van der Waals surface area contributed by atoms with Crippen molar-refractivity contribution in [3.05, 3.63) is 0 Å². The van der Waals surface area contributed by atoms with Gasteiger partial charge in [-0.1, -0.05) is 0 Å². The Kier molecular flexibility index (Phi) is 7.63. The molecule has 0 amide bonds. The van der Waals surface area contributed by atoms with E-state index in [9.17, 15) is 0 Å². The van der Waals surface area contributed by atoms with Crippen LogP contribution < -0.4 is 0 Å². The molecule has 9 heavy (non-hydrogen) atoms. The molecule has 0 heterocycles. The predicted octanol–water partition coefficient (Wildman–Crippen LogP) is 1.75. The third-order valence-electron chi connectivity index (χ3n) is 1.33. The molecule has 2 nitrogen and oxygen atoms in total. The third kappa shape index (κ3) is 5.31. The Morgan fingerprint density at radius 2 is 1.89 bits per heavy atom. The van der Waals surface area contributed by atoms with Crippen LogP contribution in [0.5, 0.6) is 0 Å². The van der Waals surface area contributed by atoms with E-state index in [1.165, 1.54) is 0 Å². The molecule has 0 aliphatic heterocycles. The molecule has 0 saturated heterocycles. The molecule has 0 atom stereocenters. The first-order chi connectivity index (χ1) is 4.35. The van der Waals surface area contributed by atoms with Crippen molar-refractivity contribution in [2.45, 2.75) is 32.8 Å². The second-order valence-corrected chi connectivity index (χ2v) is 6.47. The second-order valence-electron chi connectivity index (χ2n) is 2.01. The summed E-state index contributed by atoms with van der Waals surface area (Å²) >= 11 is -1.29. The van der Waals surface area contributed by atoms with Gasteiger partial charge in [0.15, 0.2) is 0 Å². The van der Waals surface area contributed by atoms with Crippen LogP contribution in [0.1, 0.15) is 26.7 Å². The Morgan fingerprint density at radius 1 is 1.33 bits per heavy atom. The van der Waals surface area contributed by atoms with Gasteiger partial charge >= 0.3 is 70.7 Å². The van der Waals surface area contributed by atoms with Crippen molar-refractivity contribution < 1.29 is 30.8 Å². The van der Waals surface area contributed by atoms with Crippen molar-refractivity contribution >= 4 is 0 Å². The van der Waals surface area contributed by atoms with Crippen LogP contribution in [0.4, 0.5) is 0 Å². The monoisotopic (exact) mass is 320 g/mol. The van der Waals surface area contributed by atoms with Crippen molar-refractivity contribution in [2.75, 3.05) is 7.11 Å². The van der Waals surface area contributed by atoms with E-state index in [2.05, 4.69) is 13.8 Å². The van der Waals surface area contributed by atoms with Crippen LogP contribution in [-0.4, -0.2) is 13.2 Å². The number of hydrogen-bond acceptors (Lipinski definition) is 2. The van der Waals surface area contributed by atoms with E-state index in [1.54, 1.807) is 7.11 Å². The first-order valence-corrected chi connectivity index (χ1v) is 7.94. The number of rotatable bonds is 5. The van der Waals surface area contributed by atoms with Crippen LogP contribution in [0.3, 0.4) is 0 Å². The molecule has 0 aromatic heterocycles. The van der Waals surface area contributed by atoms with E-state index < -0.39 is 25.5 Å². The Bertz CT molecular complexity index is 55.0. The van der Waals surface area contributed by atoms with E-state index in [0.29, 0.717) is 6.10 Å². The van der Waals surface area contributed by atoms with Crippen LogP contribution in [0, 0.1) is 0 Å². The summed E-state index contributed by atoms with van der Waals surface area (Å²) in [5, 5.41) is 0. The minimum atomic E-state index is -1.29. The molecule has 3 heteroatoms. The average molecular weight is 319 g/mol. The SMILES string of the molecule is CCC(CC)[O][Hg][O]C. The van der Waals surface area contributed by atoms with Gasteiger partial charge in [-0.3, -0.25) is 0 Å². The van der Waals surface area contributed by atoms with E-state index in [0.717, 1.165) is 12.8 Å². The van der Waals surface area contributed by atoms with E-state index >= 15 is 0 Å². The summed E-state index contributed by atoms with van der Waals surface area (Å²) in [7, 11) is 1.74. The first-order valence-electron chi connectivity index (χ1n) is 3.45. The van der Waals surface area contributed by atoms with Gasteiger partial charge in [-0.15, -0.1) is 0 Å². The maximum absolute atomic E-state index is 5.49. The van der Waals surface area contributed by atoms with E-state index in [1.807, 2.05) is 0 Å². The molecule has 0 saturated carbocycles. The van der Waals surface area contributed by atoms with Gasteiger partial charge in [-0.05, 0) is 0 Å². The Hall–Kier alpha value is 0.855. The van der Waals surface area contributed by atoms with Crippen LogP contribution >= 0.6 is 0 Å². The van der Waals surface area contributed by atoms with Crippen LogP contribution in [0.2, 0.25) is 0 Å². The first kappa shape index (κ1) is 9.86. The molecule has 0 aromatic rings. The summed E-state index contributed by atoms with van der Waals surface area (Å²) in [4.78, 5) is 0. The zero-order valence-corrected chi connectivity index (χ0v) is 12.0. The topological polar surface area (TPSA) is 18.5 Å². The molecule has 0 rings (SSSR count). The molecular weight excluding hydrogens is 305 g/mol. The van der Waals surface area contributed by atoms with Crippen LogP contribution in [0.15, 0.2) is 0 Å². The fraction of sp³-hybridized carbons (Fsp3) is 1.00. The van der Waals surface area contributed by atoms with E-state index in [4.69, 9.17) is 5.29 Å². The van der Waals surface area contributed by atoms with Crippen molar-refractivity contribution in [1.82, 2.24) is 0 Å². The molecule has 0 spiro atoms. The standard InChI is InChI=1S/C5H11O.CH3O.Hg/c1-3-5(6)4-2;1-2;/h5H,3-4H2,1-2H3;1H3;/q2*-1;+2. The van der Waals surface area contributed by atoms with Crippen LogP contribution in [0.25, 0.3) is 0 Å². The predicted molar refractivity (Wildman–Crippen MR) is 32.5 cm³/mol. The molecule has 0 N–H and O–H groups in total. The molecule has 0 radical (unpaired) electrons. The van der Waals surface area contributed by atoms with Crippen molar-refractivity contribution in [1.29, 1.82) is 0 Å². The van der Waals surface area contributed by atoms with Crippen LogP contribution in [-0.2, 0) is 30.8 Å². The van der Waals surface area contributed by atoms with Crippen molar-refractivity contribution in [2.24, 2.45) is 0 Å².